The fourth-order valence-corrected chi connectivity index (χ4v) is 6.22. The first-order chi connectivity index (χ1) is 22.2. The lowest BCUT2D eigenvalue weighted by Gasteiger charge is -2.26. The maximum Gasteiger partial charge on any atom is 0.338 e. The smallest absolute Gasteiger partial charge is 0.338 e. The summed E-state index contributed by atoms with van der Waals surface area (Å²) in [5.74, 6) is -0.632. The summed E-state index contributed by atoms with van der Waals surface area (Å²) in [4.78, 5) is 56.1. The molecule has 0 N–H and O–H groups in total. The van der Waals surface area contributed by atoms with Crippen molar-refractivity contribution in [1.29, 1.82) is 0 Å². The van der Waals surface area contributed by atoms with Gasteiger partial charge in [-0.2, -0.15) is 0 Å². The summed E-state index contributed by atoms with van der Waals surface area (Å²) in [6, 6.07) is 18.3. The van der Waals surface area contributed by atoms with Crippen LogP contribution in [0.25, 0.3) is 6.08 Å². The Hall–Kier alpha value is -5.49. The summed E-state index contributed by atoms with van der Waals surface area (Å²) in [6.45, 7) is 5.00. The van der Waals surface area contributed by atoms with Gasteiger partial charge in [-0.3, -0.25) is 19.0 Å². The summed E-state index contributed by atoms with van der Waals surface area (Å²) in [7, 11) is 0. The maximum atomic E-state index is 14.1. The van der Waals surface area contributed by atoms with Crippen LogP contribution in [0.3, 0.4) is 0 Å². The van der Waals surface area contributed by atoms with Crippen molar-refractivity contribution in [3.63, 3.8) is 0 Å². The number of rotatable bonds is 7. The van der Waals surface area contributed by atoms with E-state index in [4.69, 9.17) is 23.7 Å². The first-order valence-electron chi connectivity index (χ1n) is 14.3. The van der Waals surface area contributed by atoms with E-state index < -0.39 is 29.5 Å². The number of aromatic nitrogens is 1. The zero-order chi connectivity index (χ0) is 32.4. The van der Waals surface area contributed by atoms with Gasteiger partial charge in [0.2, 0.25) is 0 Å². The number of nitrogens with zero attached hydrogens (tertiary/aromatic N) is 2. The van der Waals surface area contributed by atoms with Gasteiger partial charge in [0.25, 0.3) is 5.56 Å². The van der Waals surface area contributed by atoms with Crippen molar-refractivity contribution in [3.05, 3.63) is 114 Å². The van der Waals surface area contributed by atoms with E-state index in [-0.39, 0.29) is 23.7 Å². The van der Waals surface area contributed by atoms with Gasteiger partial charge in [-0.1, -0.05) is 53.8 Å². The van der Waals surface area contributed by atoms with Crippen LogP contribution in [0.1, 0.15) is 43.5 Å². The molecule has 2 aliphatic rings. The third-order valence-electron chi connectivity index (χ3n) is 7.11. The highest BCUT2D eigenvalue weighted by Gasteiger charge is 2.34. The molecule has 1 aromatic heterocycles. The molecule has 0 spiro atoms. The minimum Gasteiger partial charge on any atom is -0.486 e. The Morgan fingerprint density at radius 2 is 1.65 bits per heavy atom. The molecular weight excluding hydrogens is 612 g/mol. The molecule has 1 atom stereocenters. The third-order valence-corrected chi connectivity index (χ3v) is 8.09. The Bertz CT molecular complexity index is 2080. The minimum atomic E-state index is -0.875. The molecule has 0 aliphatic carbocycles. The number of ether oxygens (including phenoxy) is 5. The monoisotopic (exact) mass is 640 g/mol. The van der Waals surface area contributed by atoms with Crippen molar-refractivity contribution in [3.8, 4) is 23.0 Å². The van der Waals surface area contributed by atoms with Crippen LogP contribution in [0, 0.1) is 0 Å². The number of benzene rings is 3. The molecule has 4 aromatic rings. The quantitative estimate of drug-likeness (QED) is 0.220. The maximum absolute atomic E-state index is 14.1. The number of thiazole rings is 1. The summed E-state index contributed by atoms with van der Waals surface area (Å²) >= 11 is 1.14. The highest BCUT2D eigenvalue weighted by atomic mass is 32.1. The Morgan fingerprint density at radius 3 is 2.39 bits per heavy atom. The molecule has 0 saturated heterocycles. The number of carbonyl (C=O) groups excluding carboxylic acids is 3. The molecular formula is C34H28N2O9S. The third kappa shape index (κ3) is 6.33. The van der Waals surface area contributed by atoms with Crippen molar-refractivity contribution in [2.75, 3.05) is 13.2 Å². The minimum absolute atomic E-state index is 0.0256. The molecule has 234 valence electrons. The number of fused-ring (bicyclic) bond motifs is 2. The van der Waals surface area contributed by atoms with Gasteiger partial charge in [0.05, 0.1) is 21.8 Å². The van der Waals surface area contributed by atoms with Crippen LogP contribution in [-0.4, -0.2) is 35.7 Å². The largest absolute Gasteiger partial charge is 0.486 e. The van der Waals surface area contributed by atoms with Crippen LogP contribution in [0.2, 0.25) is 0 Å². The highest BCUT2D eigenvalue weighted by molar-refractivity contribution is 7.07. The first kappa shape index (κ1) is 30.5. The van der Waals surface area contributed by atoms with E-state index in [1.165, 1.54) is 30.5 Å². The molecule has 6 rings (SSSR count). The topological polar surface area (TPSA) is 132 Å². The lowest BCUT2D eigenvalue weighted by atomic mass is 9.95. The molecule has 0 radical (unpaired) electrons. The molecule has 0 bridgehead atoms. The van der Waals surface area contributed by atoms with Gasteiger partial charge in [-0.25, -0.2) is 9.79 Å². The van der Waals surface area contributed by atoms with Crippen LogP contribution >= 0.6 is 11.3 Å². The fourth-order valence-electron chi connectivity index (χ4n) is 5.17. The van der Waals surface area contributed by atoms with Crippen LogP contribution in [-0.2, 0) is 25.7 Å². The van der Waals surface area contributed by atoms with E-state index in [2.05, 4.69) is 4.99 Å². The molecule has 46 heavy (non-hydrogen) atoms. The predicted octanol–water partition coefficient (Wildman–Crippen LogP) is 3.60. The number of hydrogen-bond acceptors (Lipinski definition) is 11. The van der Waals surface area contributed by atoms with Crippen molar-refractivity contribution in [1.82, 2.24) is 4.57 Å². The number of carbonyl (C=O) groups is 3. The molecule has 12 heteroatoms. The van der Waals surface area contributed by atoms with E-state index in [9.17, 15) is 19.2 Å². The average molecular weight is 641 g/mol. The summed E-state index contributed by atoms with van der Waals surface area (Å²) in [5.41, 5.74) is 2.16. The van der Waals surface area contributed by atoms with Crippen molar-refractivity contribution >= 4 is 35.3 Å². The van der Waals surface area contributed by atoms with Crippen LogP contribution in [0.15, 0.2) is 87.8 Å². The number of hydrogen-bond donors (Lipinski definition) is 0. The van der Waals surface area contributed by atoms with Crippen molar-refractivity contribution in [2.24, 2.45) is 4.99 Å². The first-order valence-corrected chi connectivity index (χ1v) is 15.1. The van der Waals surface area contributed by atoms with E-state index in [0.717, 1.165) is 16.9 Å². The standard InChI is InChI=1S/C34H28N2O9S/c1-19-30(33(40)43-18-22-7-5-4-6-8-22)31(24-10-12-25-27(17-24)42-14-13-41-25)36-32(39)29(46-34(36)35-19)16-23-9-11-26(44-20(2)37)28(15-23)45-21(3)38/h4-12,15-17,31H,13-14,18H2,1-3H3/b29-16-. The van der Waals surface area contributed by atoms with Gasteiger partial charge in [0, 0.05) is 13.8 Å². The van der Waals surface area contributed by atoms with E-state index in [1.807, 2.05) is 30.3 Å². The van der Waals surface area contributed by atoms with E-state index in [1.54, 1.807) is 37.3 Å². The van der Waals surface area contributed by atoms with Gasteiger partial charge in [-0.15, -0.1) is 0 Å². The summed E-state index contributed by atoms with van der Waals surface area (Å²) in [5, 5.41) is 0. The lowest BCUT2D eigenvalue weighted by molar-refractivity contribution is -0.141. The summed E-state index contributed by atoms with van der Waals surface area (Å²) in [6.07, 6.45) is 1.61. The fraction of sp³-hybridized carbons (Fsp3) is 0.206. The lowest BCUT2D eigenvalue weighted by Crippen LogP contribution is -2.40. The SMILES string of the molecule is CC(=O)Oc1ccc(/C=c2\sc3n(c2=O)C(c2ccc4c(c2)OCCO4)C(C(=O)OCc2ccccc2)=C(C)N=3)cc1OC(C)=O. The highest BCUT2D eigenvalue weighted by Crippen LogP contribution is 2.37. The molecule has 0 saturated carbocycles. The molecule has 0 amide bonds. The van der Waals surface area contributed by atoms with Crippen LogP contribution in [0.5, 0.6) is 23.0 Å². The van der Waals surface area contributed by atoms with E-state index in [0.29, 0.717) is 50.9 Å². The zero-order valence-electron chi connectivity index (χ0n) is 25.1. The second kappa shape index (κ2) is 12.9. The molecule has 11 nitrogen and oxygen atoms in total. The molecule has 3 aromatic carbocycles. The van der Waals surface area contributed by atoms with Crippen molar-refractivity contribution in [2.45, 2.75) is 33.4 Å². The summed E-state index contributed by atoms with van der Waals surface area (Å²) < 4.78 is 29.4. The Morgan fingerprint density at radius 1 is 0.935 bits per heavy atom. The van der Waals surface area contributed by atoms with Gasteiger partial charge < -0.3 is 23.7 Å². The van der Waals surface area contributed by atoms with E-state index >= 15 is 0 Å². The Labute approximate surface area is 266 Å². The second-order valence-electron chi connectivity index (χ2n) is 10.4. The molecule has 2 aliphatic heterocycles. The molecule has 3 heterocycles. The van der Waals surface area contributed by atoms with Crippen LogP contribution < -0.4 is 33.8 Å². The average Bonchev–Trinajstić information content (AvgIpc) is 3.33. The Kier molecular flexibility index (Phi) is 8.53. The Balaban J connectivity index is 1.45. The number of allylic oxidation sites excluding steroid dienone is 1. The molecule has 1 unspecified atom stereocenters. The zero-order valence-corrected chi connectivity index (χ0v) is 25.9. The van der Waals surface area contributed by atoms with Gasteiger partial charge in [0.1, 0.15) is 19.8 Å². The second-order valence-corrected chi connectivity index (χ2v) is 11.4. The number of esters is 3. The van der Waals surface area contributed by atoms with Gasteiger partial charge in [0.15, 0.2) is 27.8 Å². The van der Waals surface area contributed by atoms with Crippen LogP contribution in [0.4, 0.5) is 0 Å². The van der Waals surface area contributed by atoms with Gasteiger partial charge in [-0.05, 0) is 54.0 Å². The van der Waals surface area contributed by atoms with Gasteiger partial charge >= 0.3 is 17.9 Å². The molecule has 0 fully saturated rings. The predicted molar refractivity (Wildman–Crippen MR) is 166 cm³/mol. The van der Waals surface area contributed by atoms with Crippen molar-refractivity contribution < 1.29 is 38.1 Å². The normalized spacial score (nSPS) is 15.5.